The number of nitrogens with zero attached hydrogens (tertiary/aromatic N) is 4. The van der Waals surface area contributed by atoms with Crippen LogP contribution in [0.2, 0.25) is 0 Å². The smallest absolute Gasteiger partial charge is 0.283 e. The van der Waals surface area contributed by atoms with Crippen molar-refractivity contribution in [1.82, 2.24) is 9.58 Å². The summed E-state index contributed by atoms with van der Waals surface area (Å²) in [6.07, 6.45) is 3.71. The lowest BCUT2D eigenvalue weighted by atomic mass is 10.1. The predicted molar refractivity (Wildman–Crippen MR) is 125 cm³/mol. The summed E-state index contributed by atoms with van der Waals surface area (Å²) in [6, 6.07) is 16.0. The van der Waals surface area contributed by atoms with Gasteiger partial charge in [0.2, 0.25) is 0 Å². The van der Waals surface area contributed by atoms with Gasteiger partial charge in [-0.15, -0.1) is 0 Å². The Hall–Kier alpha value is -3.65. The molecule has 1 aromatic heterocycles. The maximum atomic E-state index is 12.5. The van der Waals surface area contributed by atoms with Gasteiger partial charge in [0.25, 0.3) is 5.91 Å². The van der Waals surface area contributed by atoms with Crippen molar-refractivity contribution in [3.8, 4) is 5.75 Å². The van der Waals surface area contributed by atoms with E-state index in [1.54, 1.807) is 11.6 Å². The molecule has 2 aliphatic rings. The largest absolute Gasteiger partial charge is 0.492 e. The van der Waals surface area contributed by atoms with Crippen molar-refractivity contribution in [3.63, 3.8) is 0 Å². The Morgan fingerprint density at radius 3 is 2.81 bits per heavy atom. The minimum Gasteiger partial charge on any atom is -0.492 e. The van der Waals surface area contributed by atoms with E-state index in [-0.39, 0.29) is 11.4 Å². The van der Waals surface area contributed by atoms with E-state index < -0.39 is 5.91 Å². The Balaban J connectivity index is 1.43. The van der Waals surface area contributed by atoms with Crippen LogP contribution < -0.4 is 4.74 Å². The molecule has 1 amide bonds. The van der Waals surface area contributed by atoms with Crippen LogP contribution in [0.25, 0.3) is 17.0 Å². The van der Waals surface area contributed by atoms with Gasteiger partial charge in [-0.3, -0.25) is 10.2 Å². The number of hydrogen-bond donors (Lipinski definition) is 1. The number of carbonyl (C=O) groups is 1. The van der Waals surface area contributed by atoms with E-state index in [2.05, 4.69) is 14.7 Å². The van der Waals surface area contributed by atoms with Crippen molar-refractivity contribution in [2.45, 2.75) is 13.5 Å². The fraction of sp³-hybridized carbons (Fsp3) is 0.130. The first-order valence-electron chi connectivity index (χ1n) is 9.80. The topological polar surface area (TPSA) is 83.0 Å². The lowest BCUT2D eigenvalue weighted by Gasteiger charge is -2.20. The van der Waals surface area contributed by atoms with Crippen LogP contribution in [0.1, 0.15) is 11.1 Å². The van der Waals surface area contributed by atoms with E-state index in [1.165, 1.54) is 22.3 Å². The molecule has 0 spiro atoms. The van der Waals surface area contributed by atoms with Gasteiger partial charge in [-0.2, -0.15) is 15.1 Å². The van der Waals surface area contributed by atoms with Crippen molar-refractivity contribution >= 4 is 51.2 Å². The van der Waals surface area contributed by atoms with Gasteiger partial charge in [0.1, 0.15) is 12.4 Å². The van der Waals surface area contributed by atoms with Crippen LogP contribution in [0, 0.1) is 12.3 Å². The highest BCUT2D eigenvalue weighted by atomic mass is 32.2. The van der Waals surface area contributed by atoms with Crippen molar-refractivity contribution in [2.75, 3.05) is 6.61 Å². The molecule has 31 heavy (non-hydrogen) atoms. The lowest BCUT2D eigenvalue weighted by Crippen LogP contribution is -2.35. The van der Waals surface area contributed by atoms with Crippen LogP contribution in [0.3, 0.4) is 0 Å². The molecule has 8 heteroatoms. The molecule has 0 radical (unpaired) electrons. The van der Waals surface area contributed by atoms with E-state index in [0.717, 1.165) is 22.2 Å². The van der Waals surface area contributed by atoms with E-state index in [9.17, 15) is 4.79 Å². The number of para-hydroxylation sites is 1. The van der Waals surface area contributed by atoms with E-state index in [4.69, 9.17) is 10.1 Å². The molecule has 0 unspecified atom stereocenters. The highest BCUT2D eigenvalue weighted by Crippen LogP contribution is 2.28. The zero-order valence-electron chi connectivity index (χ0n) is 16.8. The van der Waals surface area contributed by atoms with E-state index in [0.29, 0.717) is 18.3 Å². The average Bonchev–Trinajstić information content (AvgIpc) is 3.38. The van der Waals surface area contributed by atoms with Crippen LogP contribution in [-0.2, 0) is 11.3 Å². The Labute approximate surface area is 183 Å². The zero-order valence-corrected chi connectivity index (χ0v) is 17.6. The van der Waals surface area contributed by atoms with Gasteiger partial charge in [0.15, 0.2) is 11.0 Å². The number of hydrogen-bond acceptors (Lipinski definition) is 5. The van der Waals surface area contributed by atoms with Gasteiger partial charge in [-0.05, 0) is 43.0 Å². The van der Waals surface area contributed by atoms with Gasteiger partial charge in [-0.25, -0.2) is 0 Å². The van der Waals surface area contributed by atoms with Crippen molar-refractivity contribution < 1.29 is 9.53 Å². The number of benzene rings is 2. The molecule has 0 atom stereocenters. The van der Waals surface area contributed by atoms with Gasteiger partial charge < -0.3 is 9.30 Å². The van der Waals surface area contributed by atoms with Crippen molar-refractivity contribution in [2.24, 2.45) is 10.1 Å². The number of carbonyl (C=O) groups excluding carboxylic acids is 1. The molecule has 1 N–H and O–H groups in total. The van der Waals surface area contributed by atoms with Gasteiger partial charge in [0, 0.05) is 22.7 Å². The highest BCUT2D eigenvalue weighted by molar-refractivity contribution is 8.25. The summed E-state index contributed by atoms with van der Waals surface area (Å²) in [4.78, 5) is 16.6. The van der Waals surface area contributed by atoms with Crippen LogP contribution in [-0.4, -0.2) is 38.6 Å². The second-order valence-electron chi connectivity index (χ2n) is 7.21. The molecular formula is C23H19N5O2S. The summed E-state index contributed by atoms with van der Waals surface area (Å²) >= 11 is 1.23. The Kier molecular flexibility index (Phi) is 4.91. The monoisotopic (exact) mass is 429 g/mol. The Bertz CT molecular complexity index is 1290. The number of aliphatic imine (C=N–C) groups is 1. The number of amidine groups is 2. The third kappa shape index (κ3) is 3.66. The Morgan fingerprint density at radius 2 is 1.97 bits per heavy atom. The molecule has 2 aliphatic heterocycles. The van der Waals surface area contributed by atoms with E-state index in [1.807, 2.05) is 61.7 Å². The van der Waals surface area contributed by atoms with Gasteiger partial charge in [-0.1, -0.05) is 35.9 Å². The van der Waals surface area contributed by atoms with Crippen molar-refractivity contribution in [1.29, 1.82) is 5.41 Å². The third-order valence-corrected chi connectivity index (χ3v) is 5.81. The quantitative estimate of drug-likeness (QED) is 0.614. The van der Waals surface area contributed by atoms with Gasteiger partial charge >= 0.3 is 0 Å². The summed E-state index contributed by atoms with van der Waals surface area (Å²) in [5.41, 5.74) is 4.88. The summed E-state index contributed by atoms with van der Waals surface area (Å²) in [5.74, 6) is 0.452. The molecule has 5 rings (SSSR count). The molecule has 2 aromatic carbocycles. The lowest BCUT2D eigenvalue weighted by molar-refractivity contribution is -0.114. The molecular weight excluding hydrogens is 410 g/mol. The number of aryl methyl sites for hydroxylation is 1. The molecule has 7 nitrogen and oxygen atoms in total. The molecule has 0 saturated carbocycles. The summed E-state index contributed by atoms with van der Waals surface area (Å²) in [6.45, 7) is 3.21. The van der Waals surface area contributed by atoms with Crippen LogP contribution in [0.15, 0.2) is 70.4 Å². The first-order chi connectivity index (χ1) is 15.1. The fourth-order valence-electron chi connectivity index (χ4n) is 3.56. The minimum absolute atomic E-state index is 0.0378. The molecule has 0 aliphatic carbocycles. The number of rotatable bonds is 5. The SMILES string of the molecule is Cc1ccc(OCCn2cc(C=C3C(=N)N4N=CSC4=NC3=O)c3ccccc32)cc1. The normalized spacial score (nSPS) is 16.9. The van der Waals surface area contributed by atoms with Crippen LogP contribution in [0.5, 0.6) is 5.75 Å². The first-order valence-corrected chi connectivity index (χ1v) is 10.7. The summed E-state index contributed by atoms with van der Waals surface area (Å²) < 4.78 is 7.99. The first kappa shape index (κ1) is 19.3. The van der Waals surface area contributed by atoms with Crippen molar-refractivity contribution in [3.05, 3.63) is 71.4 Å². The molecule has 154 valence electrons. The maximum Gasteiger partial charge on any atom is 0.283 e. The second kappa shape index (κ2) is 7.88. The molecule has 0 saturated heterocycles. The fourth-order valence-corrected chi connectivity index (χ4v) is 4.17. The standard InChI is InChI=1S/C23H19N5O2S/c1-15-6-8-17(9-7-15)30-11-10-27-13-16(18-4-2-3-5-20(18)27)12-19-21(24)28-23(26-22(19)29)31-14-25-28/h2-9,12-14,24H,10-11H2,1H3. The molecule has 0 bridgehead atoms. The number of aromatic nitrogens is 1. The number of fused-ring (bicyclic) bond motifs is 2. The maximum absolute atomic E-state index is 12.5. The van der Waals surface area contributed by atoms with E-state index >= 15 is 0 Å². The second-order valence-corrected chi connectivity index (χ2v) is 8.02. The Morgan fingerprint density at radius 1 is 1.16 bits per heavy atom. The molecule has 3 aromatic rings. The number of ether oxygens (including phenoxy) is 1. The number of nitrogens with one attached hydrogen (secondary N) is 1. The summed E-state index contributed by atoms with van der Waals surface area (Å²) in [7, 11) is 0. The average molecular weight is 430 g/mol. The minimum atomic E-state index is -0.422. The van der Waals surface area contributed by atoms with Crippen LogP contribution >= 0.6 is 11.8 Å². The zero-order chi connectivity index (χ0) is 21.4. The number of thioether (sulfide) groups is 1. The number of amides is 1. The number of hydrazone groups is 1. The van der Waals surface area contributed by atoms with Crippen LogP contribution in [0.4, 0.5) is 0 Å². The predicted octanol–water partition coefficient (Wildman–Crippen LogP) is 4.28. The molecule has 0 fully saturated rings. The summed E-state index contributed by atoms with van der Waals surface area (Å²) in [5, 5.41) is 15.3. The third-order valence-electron chi connectivity index (χ3n) is 5.14. The highest BCUT2D eigenvalue weighted by Gasteiger charge is 2.32. The van der Waals surface area contributed by atoms with Gasteiger partial charge in [0.05, 0.1) is 17.7 Å². The molecule has 3 heterocycles.